The van der Waals surface area contributed by atoms with Crippen molar-refractivity contribution in [3.63, 3.8) is 0 Å². The smallest absolute Gasteiger partial charge is 0.0547 e. The van der Waals surface area contributed by atoms with Gasteiger partial charge in [0, 0.05) is 32.3 Å². The standard InChI is InChI=1S/C13H21N3/c1-15(2)12-6-7-13(14-9-12)11-5-4-8-16(3)10-11/h6-7,9,11H,4-5,8,10H2,1-3H3/t11-/m1/s1. The number of nitrogens with zero attached hydrogens (tertiary/aromatic N) is 3. The van der Waals surface area contributed by atoms with Crippen LogP contribution in [-0.2, 0) is 0 Å². The third-order valence-electron chi connectivity index (χ3n) is 3.33. The van der Waals surface area contributed by atoms with Crippen LogP contribution in [0.4, 0.5) is 5.69 Å². The topological polar surface area (TPSA) is 19.4 Å². The fraction of sp³-hybridized carbons (Fsp3) is 0.615. The van der Waals surface area contributed by atoms with E-state index in [2.05, 4.69) is 34.0 Å². The zero-order valence-corrected chi connectivity index (χ0v) is 10.5. The van der Waals surface area contributed by atoms with Gasteiger partial charge in [-0.1, -0.05) is 0 Å². The van der Waals surface area contributed by atoms with Crippen LogP contribution in [0.2, 0.25) is 0 Å². The molecule has 1 aromatic rings. The van der Waals surface area contributed by atoms with Crippen LogP contribution in [0.15, 0.2) is 18.3 Å². The lowest BCUT2D eigenvalue weighted by Gasteiger charge is -2.29. The molecule has 0 radical (unpaired) electrons. The molecule has 1 aliphatic rings. The van der Waals surface area contributed by atoms with E-state index in [1.54, 1.807) is 0 Å². The number of rotatable bonds is 2. The van der Waals surface area contributed by atoms with E-state index in [9.17, 15) is 0 Å². The summed E-state index contributed by atoms with van der Waals surface area (Å²) in [5.41, 5.74) is 2.42. The Morgan fingerprint density at radius 1 is 1.38 bits per heavy atom. The number of pyridine rings is 1. The molecular weight excluding hydrogens is 198 g/mol. The van der Waals surface area contributed by atoms with E-state index in [1.807, 2.05) is 20.3 Å². The Labute approximate surface area is 98.1 Å². The van der Waals surface area contributed by atoms with Gasteiger partial charge in [0.2, 0.25) is 0 Å². The first-order valence-electron chi connectivity index (χ1n) is 5.98. The lowest BCUT2D eigenvalue weighted by Crippen LogP contribution is -2.31. The molecule has 0 aliphatic carbocycles. The zero-order valence-electron chi connectivity index (χ0n) is 10.5. The third kappa shape index (κ3) is 2.53. The maximum Gasteiger partial charge on any atom is 0.0547 e. The minimum Gasteiger partial charge on any atom is -0.376 e. The molecule has 0 N–H and O–H groups in total. The van der Waals surface area contributed by atoms with E-state index in [4.69, 9.17) is 0 Å². The molecule has 0 saturated carbocycles. The predicted molar refractivity (Wildman–Crippen MR) is 68.0 cm³/mol. The van der Waals surface area contributed by atoms with Gasteiger partial charge >= 0.3 is 0 Å². The van der Waals surface area contributed by atoms with E-state index in [0.717, 1.165) is 6.54 Å². The molecule has 1 fully saturated rings. The monoisotopic (exact) mass is 219 g/mol. The van der Waals surface area contributed by atoms with Gasteiger partial charge < -0.3 is 9.80 Å². The molecule has 1 saturated heterocycles. The summed E-state index contributed by atoms with van der Waals surface area (Å²) < 4.78 is 0. The van der Waals surface area contributed by atoms with Crippen molar-refractivity contribution in [2.45, 2.75) is 18.8 Å². The highest BCUT2D eigenvalue weighted by atomic mass is 15.1. The average Bonchev–Trinajstić information content (AvgIpc) is 2.29. The zero-order chi connectivity index (χ0) is 11.5. The van der Waals surface area contributed by atoms with Crippen molar-refractivity contribution in [3.05, 3.63) is 24.0 Å². The van der Waals surface area contributed by atoms with E-state index >= 15 is 0 Å². The lowest BCUT2D eigenvalue weighted by molar-refractivity contribution is 0.248. The molecule has 1 aliphatic heterocycles. The maximum absolute atomic E-state index is 4.59. The highest BCUT2D eigenvalue weighted by molar-refractivity contribution is 5.42. The first-order chi connectivity index (χ1) is 7.66. The van der Waals surface area contributed by atoms with Gasteiger partial charge in [-0.2, -0.15) is 0 Å². The number of likely N-dealkylation sites (N-methyl/N-ethyl adjacent to an activating group) is 1. The Bertz CT molecular complexity index is 332. The summed E-state index contributed by atoms with van der Waals surface area (Å²) in [6, 6.07) is 4.34. The summed E-state index contributed by atoms with van der Waals surface area (Å²) in [4.78, 5) is 9.08. The van der Waals surface area contributed by atoms with Crippen LogP contribution < -0.4 is 4.90 Å². The number of piperidine rings is 1. The molecule has 0 unspecified atom stereocenters. The molecule has 0 spiro atoms. The number of hydrogen-bond donors (Lipinski definition) is 0. The second kappa shape index (κ2) is 4.83. The summed E-state index contributed by atoms with van der Waals surface area (Å²) >= 11 is 0. The summed E-state index contributed by atoms with van der Waals surface area (Å²) in [7, 11) is 6.29. The van der Waals surface area contributed by atoms with E-state index < -0.39 is 0 Å². The Kier molecular flexibility index (Phi) is 3.44. The van der Waals surface area contributed by atoms with Crippen molar-refractivity contribution in [2.75, 3.05) is 39.1 Å². The fourth-order valence-corrected chi connectivity index (χ4v) is 2.31. The van der Waals surface area contributed by atoms with E-state index in [-0.39, 0.29) is 0 Å². The highest BCUT2D eigenvalue weighted by Gasteiger charge is 2.19. The van der Waals surface area contributed by atoms with Crippen LogP contribution in [0, 0.1) is 0 Å². The summed E-state index contributed by atoms with van der Waals surface area (Å²) in [6.45, 7) is 2.38. The molecule has 2 heterocycles. The minimum atomic E-state index is 0.620. The summed E-state index contributed by atoms with van der Waals surface area (Å²) in [6.07, 6.45) is 4.54. The van der Waals surface area contributed by atoms with Gasteiger partial charge in [0.05, 0.1) is 11.9 Å². The molecule has 1 aromatic heterocycles. The summed E-state index contributed by atoms with van der Waals surface area (Å²) in [5, 5.41) is 0. The van der Waals surface area contributed by atoms with Crippen LogP contribution in [0.3, 0.4) is 0 Å². The number of likely N-dealkylation sites (tertiary alicyclic amines) is 1. The molecule has 16 heavy (non-hydrogen) atoms. The van der Waals surface area contributed by atoms with Gasteiger partial charge in [-0.3, -0.25) is 4.98 Å². The minimum absolute atomic E-state index is 0.620. The number of anilines is 1. The Morgan fingerprint density at radius 3 is 2.75 bits per heavy atom. The normalized spacial score (nSPS) is 22.1. The van der Waals surface area contributed by atoms with Gasteiger partial charge in [-0.05, 0) is 38.6 Å². The van der Waals surface area contributed by atoms with Crippen LogP contribution in [0.1, 0.15) is 24.5 Å². The third-order valence-corrected chi connectivity index (χ3v) is 3.33. The van der Waals surface area contributed by atoms with Crippen LogP contribution >= 0.6 is 0 Å². The van der Waals surface area contributed by atoms with Gasteiger partial charge in [-0.25, -0.2) is 0 Å². The number of aromatic nitrogens is 1. The Hall–Kier alpha value is -1.09. The second-order valence-electron chi connectivity index (χ2n) is 4.94. The summed E-state index contributed by atoms with van der Waals surface area (Å²) in [5.74, 6) is 0.620. The number of hydrogen-bond acceptors (Lipinski definition) is 3. The van der Waals surface area contributed by atoms with Crippen molar-refractivity contribution in [2.24, 2.45) is 0 Å². The average molecular weight is 219 g/mol. The SMILES string of the molecule is CN1CCC[C@@H](c2ccc(N(C)C)cn2)C1. The molecule has 0 bridgehead atoms. The Balaban J connectivity index is 2.09. The van der Waals surface area contributed by atoms with Crippen molar-refractivity contribution >= 4 is 5.69 Å². The highest BCUT2D eigenvalue weighted by Crippen LogP contribution is 2.25. The van der Waals surface area contributed by atoms with Crippen LogP contribution in [-0.4, -0.2) is 44.1 Å². The Morgan fingerprint density at radius 2 is 2.19 bits per heavy atom. The van der Waals surface area contributed by atoms with Crippen LogP contribution in [0.25, 0.3) is 0 Å². The quantitative estimate of drug-likeness (QED) is 0.758. The maximum atomic E-state index is 4.59. The predicted octanol–water partition coefficient (Wildman–Crippen LogP) is 1.96. The van der Waals surface area contributed by atoms with Crippen molar-refractivity contribution in [3.8, 4) is 0 Å². The first kappa shape index (κ1) is 11.4. The van der Waals surface area contributed by atoms with E-state index in [1.165, 1.54) is 30.8 Å². The molecule has 88 valence electrons. The molecular formula is C13H21N3. The fourth-order valence-electron chi connectivity index (χ4n) is 2.31. The van der Waals surface area contributed by atoms with Gasteiger partial charge in [0.1, 0.15) is 0 Å². The first-order valence-corrected chi connectivity index (χ1v) is 5.98. The molecule has 1 atom stereocenters. The van der Waals surface area contributed by atoms with Gasteiger partial charge in [0.15, 0.2) is 0 Å². The van der Waals surface area contributed by atoms with Crippen molar-refractivity contribution in [1.82, 2.24) is 9.88 Å². The van der Waals surface area contributed by atoms with Gasteiger partial charge in [0.25, 0.3) is 0 Å². The second-order valence-corrected chi connectivity index (χ2v) is 4.94. The van der Waals surface area contributed by atoms with Gasteiger partial charge in [-0.15, -0.1) is 0 Å². The van der Waals surface area contributed by atoms with Crippen LogP contribution in [0.5, 0.6) is 0 Å². The molecule has 0 aromatic carbocycles. The molecule has 0 amide bonds. The van der Waals surface area contributed by atoms with E-state index in [0.29, 0.717) is 5.92 Å². The molecule has 3 heteroatoms. The lowest BCUT2D eigenvalue weighted by atomic mass is 9.94. The molecule has 3 nitrogen and oxygen atoms in total. The largest absolute Gasteiger partial charge is 0.376 e. The van der Waals surface area contributed by atoms with Crippen molar-refractivity contribution < 1.29 is 0 Å². The van der Waals surface area contributed by atoms with Crippen molar-refractivity contribution in [1.29, 1.82) is 0 Å². The molecule has 2 rings (SSSR count).